The molecule has 144 valence electrons. The van der Waals surface area contributed by atoms with Gasteiger partial charge in [-0.05, 0) is 34.9 Å². The van der Waals surface area contributed by atoms with E-state index in [1.165, 1.54) is 30.3 Å². The number of nitrogens with two attached hydrogens (primary N) is 1. The van der Waals surface area contributed by atoms with Gasteiger partial charge in [-0.2, -0.15) is 0 Å². The van der Waals surface area contributed by atoms with E-state index < -0.39 is 23.6 Å². The molecule has 0 bridgehead atoms. The predicted octanol–water partition coefficient (Wildman–Crippen LogP) is 2.17. The van der Waals surface area contributed by atoms with Crippen LogP contribution in [0.3, 0.4) is 0 Å². The van der Waals surface area contributed by atoms with Gasteiger partial charge in [0.2, 0.25) is 0 Å². The van der Waals surface area contributed by atoms with E-state index in [-0.39, 0.29) is 11.5 Å². The first-order valence-corrected chi connectivity index (χ1v) is 8.61. The smallest absolute Gasteiger partial charge is 0.280 e. The Morgan fingerprint density at radius 3 is 2.68 bits per heavy atom. The van der Waals surface area contributed by atoms with Crippen LogP contribution in [0.15, 0.2) is 52.7 Å². The minimum absolute atomic E-state index is 0.00681. The summed E-state index contributed by atoms with van der Waals surface area (Å²) in [5.41, 5.74) is 6.22. The lowest BCUT2D eigenvalue weighted by Gasteiger charge is -2.26. The summed E-state index contributed by atoms with van der Waals surface area (Å²) in [6, 6.07) is 9.79. The number of guanidine groups is 1. The van der Waals surface area contributed by atoms with Crippen molar-refractivity contribution in [3.63, 3.8) is 0 Å². The van der Waals surface area contributed by atoms with E-state index in [0.717, 1.165) is 11.3 Å². The molecule has 0 saturated heterocycles. The molecule has 0 fully saturated rings. The zero-order chi connectivity index (χ0) is 19.9. The number of rotatable bonds is 4. The summed E-state index contributed by atoms with van der Waals surface area (Å²) in [6.07, 6.45) is -0.890. The van der Waals surface area contributed by atoms with Crippen LogP contribution in [-0.2, 0) is 15.2 Å². The molecule has 0 spiro atoms. The number of carbonyl (C=O) groups is 1. The number of alkyl halides is 2. The lowest BCUT2D eigenvalue weighted by molar-refractivity contribution is -0.129. The van der Waals surface area contributed by atoms with Crippen LogP contribution in [0, 0.1) is 0 Å². The van der Waals surface area contributed by atoms with Crippen LogP contribution >= 0.6 is 0 Å². The van der Waals surface area contributed by atoms with E-state index in [1.807, 2.05) is 6.07 Å². The normalized spacial score (nSPS) is 21.7. The van der Waals surface area contributed by atoms with Crippen molar-refractivity contribution in [2.45, 2.75) is 18.4 Å². The lowest BCUT2D eigenvalue weighted by Crippen LogP contribution is -2.41. The van der Waals surface area contributed by atoms with Crippen molar-refractivity contribution >= 4 is 17.6 Å². The molecular formula is C19H17F2N5O2. The third-order valence-electron chi connectivity index (χ3n) is 4.88. The Morgan fingerprint density at radius 1 is 1.25 bits per heavy atom. The number of pyridine rings is 1. The zero-order valence-corrected chi connectivity index (χ0v) is 15.0. The average Bonchev–Trinajstić information content (AvgIpc) is 3.32. The third kappa shape index (κ3) is 2.70. The quantitative estimate of drug-likeness (QED) is 0.873. The molecule has 2 aromatic rings. The zero-order valence-electron chi connectivity index (χ0n) is 15.0. The van der Waals surface area contributed by atoms with E-state index in [0.29, 0.717) is 18.6 Å². The van der Waals surface area contributed by atoms with Gasteiger partial charge in [-0.15, -0.1) is 0 Å². The van der Waals surface area contributed by atoms with Crippen molar-refractivity contribution in [3.05, 3.63) is 65.0 Å². The minimum atomic E-state index is -2.77. The molecule has 1 aromatic heterocycles. The number of carbonyl (C=O) groups excluding carboxylic acids is 1. The van der Waals surface area contributed by atoms with Crippen molar-refractivity contribution in [1.82, 2.24) is 9.88 Å². The largest absolute Gasteiger partial charge is 0.395 e. The highest BCUT2D eigenvalue weighted by molar-refractivity contribution is 6.09. The van der Waals surface area contributed by atoms with Crippen LogP contribution in [0.2, 0.25) is 0 Å². The van der Waals surface area contributed by atoms with Crippen LogP contribution in [0.5, 0.6) is 0 Å². The molecular weight excluding hydrogens is 368 g/mol. The number of hydrogen-bond donors (Lipinski definition) is 1. The first kappa shape index (κ1) is 18.0. The summed E-state index contributed by atoms with van der Waals surface area (Å²) in [4.78, 5) is 27.6. The number of amides is 1. The molecule has 28 heavy (non-hydrogen) atoms. The predicted molar refractivity (Wildman–Crippen MR) is 97.9 cm³/mol. The molecule has 1 atom stereocenters. The Hall–Kier alpha value is -3.36. The molecule has 0 aliphatic carbocycles. The highest BCUT2D eigenvalue weighted by atomic mass is 19.3. The van der Waals surface area contributed by atoms with Crippen molar-refractivity contribution in [3.8, 4) is 0 Å². The van der Waals surface area contributed by atoms with Crippen LogP contribution < -0.4 is 5.73 Å². The first-order chi connectivity index (χ1) is 13.4. The van der Waals surface area contributed by atoms with E-state index in [2.05, 4.69) is 15.1 Å². The summed E-state index contributed by atoms with van der Waals surface area (Å²) in [5, 5.41) is 4.01. The van der Waals surface area contributed by atoms with Crippen molar-refractivity contribution in [2.24, 2.45) is 15.9 Å². The Bertz CT molecular complexity index is 1010. The molecule has 2 N–H and O–H groups in total. The van der Waals surface area contributed by atoms with Crippen LogP contribution in [-0.4, -0.2) is 41.1 Å². The second kappa shape index (κ2) is 6.66. The van der Waals surface area contributed by atoms with Gasteiger partial charge < -0.3 is 10.6 Å². The summed E-state index contributed by atoms with van der Waals surface area (Å²) in [6.45, 7) is 0.486. The number of hydrogen-bond acceptors (Lipinski definition) is 6. The van der Waals surface area contributed by atoms with E-state index in [9.17, 15) is 13.6 Å². The monoisotopic (exact) mass is 385 g/mol. The maximum atomic E-state index is 13.2. The van der Waals surface area contributed by atoms with Gasteiger partial charge in [0.05, 0.1) is 5.71 Å². The Morgan fingerprint density at radius 2 is 2.04 bits per heavy atom. The van der Waals surface area contributed by atoms with Gasteiger partial charge in [-0.1, -0.05) is 23.4 Å². The molecule has 7 nitrogen and oxygen atoms in total. The van der Waals surface area contributed by atoms with Crippen LogP contribution in [0.25, 0.3) is 0 Å². The highest BCUT2D eigenvalue weighted by Crippen LogP contribution is 2.40. The molecule has 9 heteroatoms. The number of nitrogens with zero attached hydrogens (tertiary/aromatic N) is 4. The molecule has 2 aliphatic rings. The minimum Gasteiger partial charge on any atom is -0.395 e. The molecule has 0 saturated carbocycles. The number of aromatic nitrogens is 1. The molecule has 0 radical (unpaired) electrons. The number of benzene rings is 1. The van der Waals surface area contributed by atoms with Gasteiger partial charge in [0, 0.05) is 19.7 Å². The van der Waals surface area contributed by atoms with Crippen molar-refractivity contribution < 1.29 is 18.4 Å². The fraction of sp³-hybridized carbons (Fsp3) is 0.263. The highest BCUT2D eigenvalue weighted by Gasteiger charge is 2.50. The summed E-state index contributed by atoms with van der Waals surface area (Å²) >= 11 is 0. The Labute approximate surface area is 159 Å². The average molecular weight is 385 g/mol. The maximum Gasteiger partial charge on any atom is 0.280 e. The van der Waals surface area contributed by atoms with E-state index in [4.69, 9.17) is 10.6 Å². The molecule has 1 aromatic carbocycles. The first-order valence-electron chi connectivity index (χ1n) is 8.61. The summed E-state index contributed by atoms with van der Waals surface area (Å²) in [5.74, 6) is -0.425. The number of aliphatic imine (C=N–C) groups is 1. The molecule has 3 heterocycles. The standard InChI is InChI=1S/C19H17F2N5O2/c1-26-17(27)19(24-18(26)22,13-5-7-23-15(10-13)16(20)21)12-4-2-3-11(9-12)14-6-8-28-25-14/h2-5,7,9-10,16H,6,8H2,1H3,(H2,22,24). The fourth-order valence-electron chi connectivity index (χ4n) is 3.41. The van der Waals surface area contributed by atoms with Gasteiger partial charge in [-0.25, -0.2) is 13.8 Å². The van der Waals surface area contributed by atoms with Crippen LogP contribution in [0.4, 0.5) is 8.78 Å². The SMILES string of the molecule is CN1C(=O)C(c2cccc(C3=NOCC3)c2)(c2ccnc(C(F)F)c2)N=C1N. The lowest BCUT2D eigenvalue weighted by atomic mass is 9.82. The Kier molecular flexibility index (Phi) is 4.29. The Balaban J connectivity index is 1.92. The van der Waals surface area contributed by atoms with Crippen molar-refractivity contribution in [2.75, 3.05) is 13.7 Å². The van der Waals surface area contributed by atoms with Gasteiger partial charge in [0.15, 0.2) is 11.5 Å². The second-order valence-corrected chi connectivity index (χ2v) is 6.52. The second-order valence-electron chi connectivity index (χ2n) is 6.52. The number of likely N-dealkylation sites (N-methyl/N-ethyl adjacent to an activating group) is 1. The van der Waals surface area contributed by atoms with Gasteiger partial charge >= 0.3 is 0 Å². The summed E-state index contributed by atoms with van der Waals surface area (Å²) < 4.78 is 26.5. The van der Waals surface area contributed by atoms with Crippen molar-refractivity contribution in [1.29, 1.82) is 0 Å². The summed E-state index contributed by atoms with van der Waals surface area (Å²) in [7, 11) is 1.50. The van der Waals surface area contributed by atoms with E-state index in [1.54, 1.807) is 18.2 Å². The molecule has 2 aliphatic heterocycles. The topological polar surface area (TPSA) is 93.2 Å². The van der Waals surface area contributed by atoms with Gasteiger partial charge in [0.1, 0.15) is 12.3 Å². The van der Waals surface area contributed by atoms with Crippen LogP contribution in [0.1, 0.15) is 35.2 Å². The fourth-order valence-corrected chi connectivity index (χ4v) is 3.41. The molecule has 1 unspecified atom stereocenters. The third-order valence-corrected chi connectivity index (χ3v) is 4.88. The van der Waals surface area contributed by atoms with E-state index >= 15 is 0 Å². The number of oxime groups is 1. The van der Waals surface area contributed by atoms with Gasteiger partial charge in [-0.3, -0.25) is 14.7 Å². The maximum absolute atomic E-state index is 13.2. The molecule has 4 rings (SSSR count). The molecule has 1 amide bonds. The van der Waals surface area contributed by atoms with Gasteiger partial charge in [0.25, 0.3) is 12.3 Å². The number of halogens is 2.